The number of nitrogens with one attached hydrogen (secondary N) is 1. The van der Waals surface area contributed by atoms with Crippen LogP contribution in [0.5, 0.6) is 0 Å². The van der Waals surface area contributed by atoms with E-state index in [1.807, 2.05) is 48.7 Å². The van der Waals surface area contributed by atoms with Crippen molar-refractivity contribution in [3.63, 3.8) is 0 Å². The third-order valence-corrected chi connectivity index (χ3v) is 5.97. The molecule has 2 heterocycles. The van der Waals surface area contributed by atoms with Gasteiger partial charge < -0.3 is 4.57 Å². The molecule has 26 heavy (non-hydrogen) atoms. The van der Waals surface area contributed by atoms with Gasteiger partial charge in [-0.05, 0) is 29.7 Å². The van der Waals surface area contributed by atoms with Crippen LogP contribution in [-0.4, -0.2) is 21.0 Å². The summed E-state index contributed by atoms with van der Waals surface area (Å²) in [5.74, 6) is -0.207. The van der Waals surface area contributed by atoms with Crippen LogP contribution in [0.1, 0.15) is 16.5 Å². The molecule has 4 nitrogen and oxygen atoms in total. The fraction of sp³-hybridized carbons (Fsp3) is 0.200. The third kappa shape index (κ3) is 3.37. The molecule has 1 aliphatic rings. The lowest BCUT2D eigenvalue weighted by atomic mass is 10.0. The van der Waals surface area contributed by atoms with Crippen LogP contribution in [0.3, 0.4) is 0 Å². The van der Waals surface area contributed by atoms with Gasteiger partial charge in [0.1, 0.15) is 0 Å². The molecular formula is C20H17ClN2O2S. The average Bonchev–Trinajstić information content (AvgIpc) is 3.19. The quantitative estimate of drug-likeness (QED) is 0.658. The summed E-state index contributed by atoms with van der Waals surface area (Å²) in [5.41, 5.74) is 3.23. The number of fused-ring (bicyclic) bond motifs is 1. The molecule has 1 N–H and O–H groups in total. The van der Waals surface area contributed by atoms with Crippen molar-refractivity contribution in [1.29, 1.82) is 0 Å². The predicted octanol–water partition coefficient (Wildman–Crippen LogP) is 4.52. The SMILES string of the molecule is O=C1NC(=O)C(Cc2cccc3c2ccn3CC(Cl)c2ccccc2)S1. The van der Waals surface area contributed by atoms with Crippen LogP contribution in [0.4, 0.5) is 4.79 Å². The van der Waals surface area contributed by atoms with Gasteiger partial charge in [0.05, 0.1) is 10.6 Å². The molecule has 3 aromatic rings. The van der Waals surface area contributed by atoms with E-state index in [1.54, 1.807) is 0 Å². The lowest BCUT2D eigenvalue weighted by Crippen LogP contribution is -2.25. The number of thioether (sulfide) groups is 1. The Morgan fingerprint density at radius 2 is 1.88 bits per heavy atom. The van der Waals surface area contributed by atoms with Gasteiger partial charge in [-0.25, -0.2) is 0 Å². The molecule has 132 valence electrons. The normalized spacial score (nSPS) is 18.3. The fourth-order valence-electron chi connectivity index (χ4n) is 3.29. The predicted molar refractivity (Wildman–Crippen MR) is 106 cm³/mol. The summed E-state index contributed by atoms with van der Waals surface area (Å²) in [6.07, 6.45) is 2.56. The van der Waals surface area contributed by atoms with E-state index in [1.165, 1.54) is 0 Å². The second-order valence-corrected chi connectivity index (χ2v) is 7.99. The zero-order chi connectivity index (χ0) is 18.1. The minimum Gasteiger partial charge on any atom is -0.346 e. The molecule has 1 aromatic heterocycles. The van der Waals surface area contributed by atoms with Gasteiger partial charge in [-0.15, -0.1) is 11.6 Å². The van der Waals surface area contributed by atoms with Crippen LogP contribution in [0, 0.1) is 0 Å². The Morgan fingerprint density at radius 3 is 2.62 bits per heavy atom. The molecule has 0 saturated carbocycles. The molecule has 0 radical (unpaired) electrons. The molecule has 2 amide bonds. The first kappa shape index (κ1) is 17.2. The van der Waals surface area contributed by atoms with Crippen molar-refractivity contribution in [3.8, 4) is 0 Å². The minimum absolute atomic E-state index is 0.121. The summed E-state index contributed by atoms with van der Waals surface area (Å²) in [6, 6.07) is 18.1. The van der Waals surface area contributed by atoms with Crippen molar-refractivity contribution >= 4 is 45.4 Å². The Labute approximate surface area is 160 Å². The van der Waals surface area contributed by atoms with E-state index in [4.69, 9.17) is 11.6 Å². The number of hydrogen-bond donors (Lipinski definition) is 1. The Hall–Kier alpha value is -2.24. The van der Waals surface area contributed by atoms with E-state index in [2.05, 4.69) is 22.0 Å². The summed E-state index contributed by atoms with van der Waals surface area (Å²) in [5, 5.41) is 2.69. The van der Waals surface area contributed by atoms with Crippen molar-refractivity contribution in [2.75, 3.05) is 0 Å². The van der Waals surface area contributed by atoms with Crippen LogP contribution >= 0.6 is 23.4 Å². The van der Waals surface area contributed by atoms with Gasteiger partial charge in [-0.1, -0.05) is 54.2 Å². The van der Waals surface area contributed by atoms with Crippen LogP contribution in [0.15, 0.2) is 60.8 Å². The average molecular weight is 385 g/mol. The van der Waals surface area contributed by atoms with Crippen molar-refractivity contribution in [2.45, 2.75) is 23.6 Å². The molecular weight excluding hydrogens is 368 g/mol. The van der Waals surface area contributed by atoms with Crippen molar-refractivity contribution < 1.29 is 9.59 Å². The highest BCUT2D eigenvalue weighted by Crippen LogP contribution is 2.29. The van der Waals surface area contributed by atoms with Gasteiger partial charge in [0.25, 0.3) is 5.24 Å². The van der Waals surface area contributed by atoms with E-state index in [0.717, 1.165) is 33.8 Å². The number of imide groups is 1. The number of hydrogen-bond acceptors (Lipinski definition) is 3. The first-order valence-electron chi connectivity index (χ1n) is 8.39. The maximum atomic E-state index is 11.9. The molecule has 1 aliphatic heterocycles. The van der Waals surface area contributed by atoms with Gasteiger partial charge in [0.2, 0.25) is 5.91 Å². The molecule has 2 unspecified atom stereocenters. The van der Waals surface area contributed by atoms with Crippen LogP contribution in [0.2, 0.25) is 0 Å². The van der Waals surface area contributed by atoms with Crippen molar-refractivity contribution in [1.82, 2.24) is 9.88 Å². The van der Waals surface area contributed by atoms with E-state index >= 15 is 0 Å². The second-order valence-electron chi connectivity index (χ2n) is 6.28. The molecule has 6 heteroatoms. The highest BCUT2D eigenvalue weighted by Gasteiger charge is 2.31. The van der Waals surface area contributed by atoms with Gasteiger partial charge in [0, 0.05) is 23.6 Å². The van der Waals surface area contributed by atoms with E-state index in [-0.39, 0.29) is 21.8 Å². The van der Waals surface area contributed by atoms with Gasteiger partial charge in [0.15, 0.2) is 0 Å². The Kier molecular flexibility index (Phi) is 4.74. The monoisotopic (exact) mass is 384 g/mol. The summed E-state index contributed by atoms with van der Waals surface area (Å²) >= 11 is 7.66. The highest BCUT2D eigenvalue weighted by atomic mass is 35.5. The molecule has 2 aromatic carbocycles. The first-order valence-corrected chi connectivity index (χ1v) is 9.70. The molecule has 0 bridgehead atoms. The van der Waals surface area contributed by atoms with E-state index in [0.29, 0.717) is 13.0 Å². The molecule has 1 fully saturated rings. The lowest BCUT2D eigenvalue weighted by molar-refractivity contribution is -0.118. The Morgan fingerprint density at radius 1 is 1.08 bits per heavy atom. The topological polar surface area (TPSA) is 51.1 Å². The summed E-state index contributed by atoms with van der Waals surface area (Å²) in [6.45, 7) is 0.662. The second kappa shape index (κ2) is 7.17. The zero-order valence-corrected chi connectivity index (χ0v) is 15.5. The number of carbonyl (C=O) groups excluding carboxylic acids is 2. The molecule has 0 aliphatic carbocycles. The first-order chi connectivity index (χ1) is 12.6. The van der Waals surface area contributed by atoms with Crippen LogP contribution in [0.25, 0.3) is 10.9 Å². The summed E-state index contributed by atoms with van der Waals surface area (Å²) in [7, 11) is 0. The number of alkyl halides is 1. The standard InChI is InChI=1S/C20H17ClN2O2S/c21-16(13-5-2-1-3-6-13)12-23-10-9-15-14(7-4-8-17(15)23)11-18-19(24)22-20(25)26-18/h1-10,16,18H,11-12H2,(H,22,24,25). The van der Waals surface area contributed by atoms with Crippen molar-refractivity contribution in [3.05, 3.63) is 71.9 Å². The van der Waals surface area contributed by atoms with Crippen molar-refractivity contribution in [2.24, 2.45) is 0 Å². The summed E-state index contributed by atoms with van der Waals surface area (Å²) < 4.78 is 2.14. The maximum absolute atomic E-state index is 11.9. The summed E-state index contributed by atoms with van der Waals surface area (Å²) in [4.78, 5) is 23.2. The number of benzene rings is 2. The number of rotatable bonds is 5. The molecule has 1 saturated heterocycles. The van der Waals surface area contributed by atoms with Gasteiger partial charge in [-0.3, -0.25) is 14.9 Å². The fourth-order valence-corrected chi connectivity index (χ4v) is 4.43. The zero-order valence-electron chi connectivity index (χ0n) is 13.9. The van der Waals surface area contributed by atoms with Crippen LogP contribution < -0.4 is 5.32 Å². The maximum Gasteiger partial charge on any atom is 0.286 e. The van der Waals surface area contributed by atoms with E-state index < -0.39 is 0 Å². The smallest absolute Gasteiger partial charge is 0.286 e. The molecule has 2 atom stereocenters. The molecule has 0 spiro atoms. The Bertz CT molecular complexity index is 970. The largest absolute Gasteiger partial charge is 0.346 e. The molecule has 4 rings (SSSR count). The van der Waals surface area contributed by atoms with Gasteiger partial charge in [-0.2, -0.15) is 0 Å². The van der Waals surface area contributed by atoms with E-state index in [9.17, 15) is 9.59 Å². The number of carbonyl (C=O) groups is 2. The van der Waals surface area contributed by atoms with Gasteiger partial charge >= 0.3 is 0 Å². The number of amides is 2. The number of aromatic nitrogens is 1. The minimum atomic E-state index is -0.360. The number of halogens is 1. The lowest BCUT2D eigenvalue weighted by Gasteiger charge is -2.13. The number of nitrogens with zero attached hydrogens (tertiary/aromatic N) is 1. The third-order valence-electron chi connectivity index (χ3n) is 4.59. The Balaban J connectivity index is 1.59. The van der Waals surface area contributed by atoms with Crippen LogP contribution in [-0.2, 0) is 17.8 Å². The highest BCUT2D eigenvalue weighted by molar-refractivity contribution is 8.15.